The topological polar surface area (TPSA) is 70.5 Å². The normalized spacial score (nSPS) is 21.0. The van der Waals surface area contributed by atoms with E-state index >= 15 is 0 Å². The van der Waals surface area contributed by atoms with Gasteiger partial charge in [0.15, 0.2) is 0 Å². The summed E-state index contributed by atoms with van der Waals surface area (Å²) in [6.07, 6.45) is 5.11. The van der Waals surface area contributed by atoms with Crippen molar-refractivity contribution in [3.63, 3.8) is 0 Å². The Labute approximate surface area is 93.3 Å². The van der Waals surface area contributed by atoms with E-state index in [0.717, 1.165) is 26.4 Å². The van der Waals surface area contributed by atoms with E-state index in [9.17, 15) is 0 Å². The van der Waals surface area contributed by atoms with Crippen LogP contribution in [0.2, 0.25) is 0 Å². The zero-order valence-electron chi connectivity index (χ0n) is 9.91. The van der Waals surface area contributed by atoms with Crippen molar-refractivity contribution in [3.05, 3.63) is 0 Å². The maximum atomic E-state index is 5.17. The largest absolute Gasteiger partial charge is 0.381 e. The summed E-state index contributed by atoms with van der Waals surface area (Å²) in [6.45, 7) is 6.46. The molecule has 2 heterocycles. The maximum absolute atomic E-state index is 5.17. The van der Waals surface area contributed by atoms with E-state index < -0.39 is 0 Å². The second-order valence-corrected chi connectivity index (χ2v) is 3.85. The van der Waals surface area contributed by atoms with Gasteiger partial charge >= 0.3 is 0 Å². The Morgan fingerprint density at radius 3 is 1.27 bits per heavy atom. The van der Waals surface area contributed by atoms with E-state index in [1.807, 2.05) is 6.92 Å². The molecule has 0 aromatic carbocycles. The first-order chi connectivity index (χ1) is 7.27. The van der Waals surface area contributed by atoms with Crippen LogP contribution in [0.1, 0.15) is 32.6 Å². The van der Waals surface area contributed by atoms with Crippen molar-refractivity contribution in [1.29, 1.82) is 0 Å². The van der Waals surface area contributed by atoms with Crippen LogP contribution in [-0.2, 0) is 9.47 Å². The van der Waals surface area contributed by atoms with Gasteiger partial charge in [-0.25, -0.2) is 0 Å². The molecule has 15 heavy (non-hydrogen) atoms. The number of rotatable bonds is 1. The van der Waals surface area contributed by atoms with Crippen molar-refractivity contribution >= 4 is 0 Å². The highest BCUT2D eigenvalue weighted by atomic mass is 16.5. The number of hydrogen-bond acceptors (Lipinski definition) is 4. The first kappa shape index (κ1) is 14.8. The molecular formula is C11H26N2O2. The molecule has 0 amide bonds. The van der Waals surface area contributed by atoms with E-state index in [1.165, 1.54) is 25.7 Å². The van der Waals surface area contributed by atoms with Crippen molar-refractivity contribution < 1.29 is 9.47 Å². The summed E-state index contributed by atoms with van der Waals surface area (Å²) in [6, 6.07) is 0.162. The molecule has 0 aromatic rings. The van der Waals surface area contributed by atoms with Crippen LogP contribution in [0.3, 0.4) is 0 Å². The molecule has 2 fully saturated rings. The third-order valence-electron chi connectivity index (χ3n) is 2.03. The highest BCUT2D eigenvalue weighted by Gasteiger charge is 1.95. The number of ether oxygens (including phenoxy) is 2. The first-order valence-corrected chi connectivity index (χ1v) is 5.88. The highest BCUT2D eigenvalue weighted by molar-refractivity contribution is 4.48. The van der Waals surface area contributed by atoms with Crippen molar-refractivity contribution in [3.8, 4) is 0 Å². The minimum atomic E-state index is 0.162. The van der Waals surface area contributed by atoms with E-state index in [4.69, 9.17) is 20.9 Å². The predicted octanol–water partition coefficient (Wildman–Crippen LogP) is 0.886. The van der Waals surface area contributed by atoms with Gasteiger partial charge in [0, 0.05) is 39.0 Å². The fraction of sp³-hybridized carbons (Fsp3) is 1.00. The van der Waals surface area contributed by atoms with E-state index in [1.54, 1.807) is 0 Å². The average molecular weight is 218 g/mol. The van der Waals surface area contributed by atoms with Gasteiger partial charge in [-0.2, -0.15) is 0 Å². The van der Waals surface area contributed by atoms with Gasteiger partial charge in [0.05, 0.1) is 0 Å². The molecule has 0 bridgehead atoms. The Balaban J connectivity index is 0.000000196. The van der Waals surface area contributed by atoms with Crippen LogP contribution in [0.25, 0.3) is 0 Å². The molecule has 0 aromatic heterocycles. The third kappa shape index (κ3) is 13.8. The number of nitrogens with two attached hydrogens (primary N) is 2. The van der Waals surface area contributed by atoms with Gasteiger partial charge in [-0.1, -0.05) is 0 Å². The van der Waals surface area contributed by atoms with Crippen molar-refractivity contribution in [2.45, 2.75) is 38.6 Å². The van der Waals surface area contributed by atoms with Gasteiger partial charge in [-0.05, 0) is 32.6 Å². The fourth-order valence-corrected chi connectivity index (χ4v) is 1.02. The summed E-state index contributed by atoms with van der Waals surface area (Å²) in [5, 5.41) is 0. The van der Waals surface area contributed by atoms with Gasteiger partial charge in [-0.15, -0.1) is 0 Å². The standard InChI is InChI=1S/2C4H8O.C3H10N2/c2*1-2-4-5-3-1;1-3(5)2-4/h2*1-4H2;3H,2,4-5H2,1H3. The molecule has 4 nitrogen and oxygen atoms in total. The molecule has 0 radical (unpaired) electrons. The SMILES string of the molecule is C1CCOC1.C1CCOC1.CC(N)CN. The predicted molar refractivity (Wildman–Crippen MR) is 62.8 cm³/mol. The van der Waals surface area contributed by atoms with Crippen molar-refractivity contribution in [2.24, 2.45) is 11.5 Å². The van der Waals surface area contributed by atoms with Gasteiger partial charge in [0.1, 0.15) is 0 Å². The lowest BCUT2D eigenvalue weighted by Crippen LogP contribution is -2.25. The minimum absolute atomic E-state index is 0.162. The van der Waals surface area contributed by atoms with Crippen LogP contribution in [-0.4, -0.2) is 39.0 Å². The van der Waals surface area contributed by atoms with Crippen molar-refractivity contribution in [2.75, 3.05) is 33.0 Å². The molecule has 2 rings (SSSR count). The van der Waals surface area contributed by atoms with Crippen LogP contribution in [0.15, 0.2) is 0 Å². The fourth-order valence-electron chi connectivity index (χ4n) is 1.02. The molecule has 1 unspecified atom stereocenters. The highest BCUT2D eigenvalue weighted by Crippen LogP contribution is 1.98. The first-order valence-electron chi connectivity index (χ1n) is 5.88. The molecule has 4 N–H and O–H groups in total. The molecule has 0 aliphatic carbocycles. The molecule has 92 valence electrons. The van der Waals surface area contributed by atoms with Crippen LogP contribution in [0.5, 0.6) is 0 Å². The third-order valence-corrected chi connectivity index (χ3v) is 2.03. The van der Waals surface area contributed by atoms with Crippen molar-refractivity contribution in [1.82, 2.24) is 0 Å². The van der Waals surface area contributed by atoms with E-state index in [0.29, 0.717) is 6.54 Å². The Hall–Kier alpha value is -0.160. The molecular weight excluding hydrogens is 192 g/mol. The summed E-state index contributed by atoms with van der Waals surface area (Å²) in [5.41, 5.74) is 10.2. The number of hydrogen-bond donors (Lipinski definition) is 2. The summed E-state index contributed by atoms with van der Waals surface area (Å²) in [7, 11) is 0. The summed E-state index contributed by atoms with van der Waals surface area (Å²) in [5.74, 6) is 0. The quantitative estimate of drug-likeness (QED) is 0.685. The van der Waals surface area contributed by atoms with Crippen LogP contribution in [0.4, 0.5) is 0 Å². The molecule has 0 saturated carbocycles. The van der Waals surface area contributed by atoms with Crippen LogP contribution >= 0.6 is 0 Å². The summed E-state index contributed by atoms with van der Waals surface area (Å²) < 4.78 is 9.89. The van der Waals surface area contributed by atoms with Gasteiger partial charge < -0.3 is 20.9 Å². The molecule has 2 aliphatic heterocycles. The lowest BCUT2D eigenvalue weighted by molar-refractivity contribution is 0.198. The molecule has 4 heteroatoms. The van der Waals surface area contributed by atoms with Gasteiger partial charge in [0.25, 0.3) is 0 Å². The van der Waals surface area contributed by atoms with E-state index in [2.05, 4.69) is 0 Å². The van der Waals surface area contributed by atoms with E-state index in [-0.39, 0.29) is 6.04 Å². The average Bonchev–Trinajstić information content (AvgIpc) is 2.96. The lowest BCUT2D eigenvalue weighted by atomic mass is 10.4. The Bertz CT molecular complexity index is 87.9. The Kier molecular flexibility index (Phi) is 11.8. The Morgan fingerprint density at radius 2 is 1.20 bits per heavy atom. The summed E-state index contributed by atoms with van der Waals surface area (Å²) in [4.78, 5) is 0. The van der Waals surface area contributed by atoms with Crippen LogP contribution in [0, 0.1) is 0 Å². The molecule has 2 aliphatic rings. The monoisotopic (exact) mass is 218 g/mol. The van der Waals surface area contributed by atoms with Gasteiger partial charge in [-0.3, -0.25) is 0 Å². The van der Waals surface area contributed by atoms with Gasteiger partial charge in [0.2, 0.25) is 0 Å². The summed E-state index contributed by atoms with van der Waals surface area (Å²) >= 11 is 0. The Morgan fingerprint density at radius 1 is 0.933 bits per heavy atom. The zero-order valence-corrected chi connectivity index (χ0v) is 9.91. The lowest BCUT2D eigenvalue weighted by Gasteiger charge is -1.92. The smallest absolute Gasteiger partial charge is 0.0466 e. The molecule has 0 spiro atoms. The van der Waals surface area contributed by atoms with Crippen LogP contribution < -0.4 is 11.5 Å². The zero-order chi connectivity index (χ0) is 11.4. The second-order valence-electron chi connectivity index (χ2n) is 3.85. The minimum Gasteiger partial charge on any atom is -0.381 e. The molecule has 2 saturated heterocycles. The second kappa shape index (κ2) is 11.9. The maximum Gasteiger partial charge on any atom is 0.0466 e. The molecule has 1 atom stereocenters.